The molecule has 1 saturated carbocycles. The average molecular weight is 259 g/mol. The average Bonchev–Trinajstić information content (AvgIpc) is 2.29. The van der Waals surface area contributed by atoms with Gasteiger partial charge < -0.3 is 10.4 Å². The van der Waals surface area contributed by atoms with Crippen LogP contribution in [0.2, 0.25) is 0 Å². The third-order valence-corrected chi connectivity index (χ3v) is 4.06. The van der Waals surface area contributed by atoms with Gasteiger partial charge in [0.15, 0.2) is 0 Å². The molecule has 1 rings (SSSR count). The highest BCUT2D eigenvalue weighted by atomic mass is 32.2. The van der Waals surface area contributed by atoms with Crippen LogP contribution in [0.25, 0.3) is 0 Å². The Morgan fingerprint density at radius 3 is 2.47 bits per heavy atom. The summed E-state index contributed by atoms with van der Waals surface area (Å²) in [4.78, 5) is 23.1. The lowest BCUT2D eigenvalue weighted by atomic mass is 9.78. The number of carbonyl (C=O) groups is 2. The zero-order valence-electron chi connectivity index (χ0n) is 10.4. The van der Waals surface area contributed by atoms with Gasteiger partial charge in [0, 0.05) is 11.8 Å². The van der Waals surface area contributed by atoms with Crippen LogP contribution in [0.15, 0.2) is 0 Å². The molecule has 1 amide bonds. The van der Waals surface area contributed by atoms with Crippen LogP contribution in [0.1, 0.15) is 32.6 Å². The third-order valence-electron chi connectivity index (χ3n) is 3.23. The van der Waals surface area contributed by atoms with Crippen molar-refractivity contribution in [3.05, 3.63) is 0 Å². The number of hydrogen-bond donors (Lipinski definition) is 2. The highest BCUT2D eigenvalue weighted by Gasteiger charge is 2.35. The molecule has 5 heteroatoms. The van der Waals surface area contributed by atoms with Crippen molar-refractivity contribution in [1.29, 1.82) is 0 Å². The van der Waals surface area contributed by atoms with Crippen LogP contribution in [0.4, 0.5) is 0 Å². The first-order valence-electron chi connectivity index (χ1n) is 6.08. The predicted octanol–water partition coefficient (Wildman–Crippen LogP) is 1.75. The molecule has 0 aromatic carbocycles. The summed E-state index contributed by atoms with van der Waals surface area (Å²) in [6.45, 7) is 1.95. The molecule has 98 valence electrons. The summed E-state index contributed by atoms with van der Waals surface area (Å²) >= 11 is 1.67. The Labute approximate surface area is 107 Å². The fourth-order valence-electron chi connectivity index (χ4n) is 2.38. The Morgan fingerprint density at radius 2 is 1.94 bits per heavy atom. The Hall–Kier alpha value is -0.710. The lowest BCUT2D eigenvalue weighted by molar-refractivity contribution is -0.149. The SMILES string of the molecule is CSCC(C)NC(=O)C1CCCCC1C(=O)O. The van der Waals surface area contributed by atoms with Crippen molar-refractivity contribution in [1.82, 2.24) is 5.32 Å². The van der Waals surface area contributed by atoms with Gasteiger partial charge in [-0.15, -0.1) is 0 Å². The fraction of sp³-hybridized carbons (Fsp3) is 0.833. The molecule has 1 fully saturated rings. The Bertz CT molecular complexity index is 283. The second-order valence-electron chi connectivity index (χ2n) is 4.70. The summed E-state index contributed by atoms with van der Waals surface area (Å²) in [5.74, 6) is -0.896. The number of amides is 1. The van der Waals surface area contributed by atoms with Crippen molar-refractivity contribution >= 4 is 23.6 Å². The summed E-state index contributed by atoms with van der Waals surface area (Å²) < 4.78 is 0. The lowest BCUT2D eigenvalue weighted by Gasteiger charge is -2.28. The molecule has 17 heavy (non-hydrogen) atoms. The Morgan fingerprint density at radius 1 is 1.35 bits per heavy atom. The van der Waals surface area contributed by atoms with Crippen molar-refractivity contribution in [2.75, 3.05) is 12.0 Å². The van der Waals surface area contributed by atoms with Gasteiger partial charge in [0.05, 0.1) is 11.8 Å². The van der Waals surface area contributed by atoms with Gasteiger partial charge in [-0.25, -0.2) is 0 Å². The van der Waals surface area contributed by atoms with Gasteiger partial charge in [0.1, 0.15) is 0 Å². The molecule has 0 aromatic heterocycles. The molecule has 0 spiro atoms. The second-order valence-corrected chi connectivity index (χ2v) is 5.61. The summed E-state index contributed by atoms with van der Waals surface area (Å²) in [6, 6.07) is 0.105. The Balaban J connectivity index is 2.56. The number of aliphatic carboxylic acids is 1. The molecule has 1 aliphatic carbocycles. The molecule has 0 radical (unpaired) electrons. The minimum atomic E-state index is -0.831. The maximum absolute atomic E-state index is 12.0. The molecular weight excluding hydrogens is 238 g/mol. The lowest BCUT2D eigenvalue weighted by Crippen LogP contribution is -2.43. The van der Waals surface area contributed by atoms with Gasteiger partial charge in [-0.3, -0.25) is 9.59 Å². The monoisotopic (exact) mass is 259 g/mol. The van der Waals surface area contributed by atoms with E-state index in [4.69, 9.17) is 5.11 Å². The molecule has 1 aliphatic rings. The standard InChI is InChI=1S/C12H21NO3S/c1-8(7-17-2)13-11(14)9-5-3-4-6-10(9)12(15)16/h8-10H,3-7H2,1-2H3,(H,13,14)(H,15,16). The smallest absolute Gasteiger partial charge is 0.307 e. The summed E-state index contributed by atoms with van der Waals surface area (Å²) in [5, 5.41) is 12.0. The highest BCUT2D eigenvalue weighted by Crippen LogP contribution is 2.30. The van der Waals surface area contributed by atoms with E-state index in [1.807, 2.05) is 13.2 Å². The van der Waals surface area contributed by atoms with Gasteiger partial charge >= 0.3 is 5.97 Å². The first-order valence-corrected chi connectivity index (χ1v) is 7.47. The van der Waals surface area contributed by atoms with Crippen LogP contribution >= 0.6 is 11.8 Å². The zero-order valence-corrected chi connectivity index (χ0v) is 11.3. The minimum Gasteiger partial charge on any atom is -0.481 e. The van der Waals surface area contributed by atoms with E-state index in [1.54, 1.807) is 11.8 Å². The topological polar surface area (TPSA) is 66.4 Å². The van der Waals surface area contributed by atoms with Crippen molar-refractivity contribution in [3.63, 3.8) is 0 Å². The maximum Gasteiger partial charge on any atom is 0.307 e. The summed E-state index contributed by atoms with van der Waals surface area (Å²) in [5.41, 5.74) is 0. The van der Waals surface area contributed by atoms with Gasteiger partial charge in [-0.1, -0.05) is 12.8 Å². The molecule has 0 heterocycles. The molecular formula is C12H21NO3S. The number of carboxylic acid groups (broad SMARTS) is 1. The van der Waals surface area contributed by atoms with Crippen LogP contribution in [0.5, 0.6) is 0 Å². The minimum absolute atomic E-state index is 0.0846. The van der Waals surface area contributed by atoms with E-state index in [0.29, 0.717) is 12.8 Å². The van der Waals surface area contributed by atoms with E-state index in [1.165, 1.54) is 0 Å². The summed E-state index contributed by atoms with van der Waals surface area (Å²) in [6.07, 6.45) is 5.20. The highest BCUT2D eigenvalue weighted by molar-refractivity contribution is 7.98. The normalized spacial score (nSPS) is 26.2. The van der Waals surface area contributed by atoms with Crippen LogP contribution in [-0.2, 0) is 9.59 Å². The number of nitrogens with one attached hydrogen (secondary N) is 1. The van der Waals surface area contributed by atoms with E-state index < -0.39 is 11.9 Å². The summed E-state index contributed by atoms with van der Waals surface area (Å²) in [7, 11) is 0. The fourth-order valence-corrected chi connectivity index (χ4v) is 2.97. The van der Waals surface area contributed by atoms with Crippen molar-refractivity contribution < 1.29 is 14.7 Å². The quantitative estimate of drug-likeness (QED) is 0.789. The molecule has 0 saturated heterocycles. The number of carboxylic acids is 1. The van der Waals surface area contributed by atoms with Crippen LogP contribution in [0, 0.1) is 11.8 Å². The van der Waals surface area contributed by atoms with E-state index in [0.717, 1.165) is 18.6 Å². The first-order chi connectivity index (χ1) is 8.06. The van der Waals surface area contributed by atoms with Crippen molar-refractivity contribution in [3.8, 4) is 0 Å². The molecule has 0 aromatic rings. The first kappa shape index (κ1) is 14.4. The largest absolute Gasteiger partial charge is 0.481 e. The number of thioether (sulfide) groups is 1. The van der Waals surface area contributed by atoms with Gasteiger partial charge in [0.25, 0.3) is 0 Å². The van der Waals surface area contributed by atoms with E-state index in [-0.39, 0.29) is 17.9 Å². The van der Waals surface area contributed by atoms with Crippen molar-refractivity contribution in [2.24, 2.45) is 11.8 Å². The van der Waals surface area contributed by atoms with Crippen LogP contribution < -0.4 is 5.32 Å². The second kappa shape index (κ2) is 6.89. The number of hydrogen-bond acceptors (Lipinski definition) is 3. The van der Waals surface area contributed by atoms with E-state index >= 15 is 0 Å². The van der Waals surface area contributed by atoms with Crippen LogP contribution in [-0.4, -0.2) is 35.0 Å². The predicted molar refractivity (Wildman–Crippen MR) is 69.1 cm³/mol. The van der Waals surface area contributed by atoms with Crippen molar-refractivity contribution in [2.45, 2.75) is 38.6 Å². The van der Waals surface area contributed by atoms with Gasteiger partial charge in [-0.2, -0.15) is 11.8 Å². The molecule has 0 bridgehead atoms. The number of rotatable bonds is 5. The Kier molecular flexibility index (Phi) is 5.82. The third kappa shape index (κ3) is 4.22. The molecule has 3 unspecified atom stereocenters. The maximum atomic E-state index is 12.0. The van der Waals surface area contributed by atoms with Gasteiger partial charge in [0.2, 0.25) is 5.91 Å². The molecule has 2 N–H and O–H groups in total. The van der Waals surface area contributed by atoms with Crippen LogP contribution in [0.3, 0.4) is 0 Å². The molecule has 4 nitrogen and oxygen atoms in total. The van der Waals surface area contributed by atoms with E-state index in [2.05, 4.69) is 5.32 Å². The van der Waals surface area contributed by atoms with Gasteiger partial charge in [-0.05, 0) is 26.0 Å². The van der Waals surface area contributed by atoms with E-state index in [9.17, 15) is 9.59 Å². The number of carbonyl (C=O) groups excluding carboxylic acids is 1. The zero-order chi connectivity index (χ0) is 12.8. The molecule has 3 atom stereocenters. The molecule has 0 aliphatic heterocycles.